The maximum Gasteiger partial charge on any atom is 0.194 e. The zero-order chi connectivity index (χ0) is 13.9. The number of aromatic nitrogens is 2. The summed E-state index contributed by atoms with van der Waals surface area (Å²) in [6.07, 6.45) is 2.06. The number of anilines is 1. The minimum absolute atomic E-state index is 0.666. The molecule has 3 aromatic rings. The summed E-state index contributed by atoms with van der Waals surface area (Å²) in [5.74, 6) is 0.888. The average Bonchev–Trinajstić information content (AvgIpc) is 2.99. The normalized spacial score (nSPS) is 10.9. The molecule has 2 aromatic heterocycles. The molecule has 0 unspecified atom stereocenters. The van der Waals surface area contributed by atoms with Gasteiger partial charge >= 0.3 is 0 Å². The summed E-state index contributed by atoms with van der Waals surface area (Å²) in [5.41, 5.74) is 3.27. The zero-order valence-corrected chi connectivity index (χ0v) is 12.4. The van der Waals surface area contributed by atoms with E-state index in [2.05, 4.69) is 26.3 Å². The molecule has 0 atom stereocenters. The molecule has 3 rings (SSSR count). The Morgan fingerprint density at radius 3 is 3.05 bits per heavy atom. The van der Waals surface area contributed by atoms with Crippen LogP contribution in [-0.4, -0.2) is 16.0 Å². The minimum atomic E-state index is 0.666. The Balaban J connectivity index is 1.83. The first-order chi connectivity index (χ1) is 9.79. The van der Waals surface area contributed by atoms with Gasteiger partial charge in [-0.1, -0.05) is 12.1 Å². The molecular formula is C15H17N3OS. The molecule has 1 N–H and O–H groups in total. The fourth-order valence-corrected chi connectivity index (χ4v) is 3.01. The van der Waals surface area contributed by atoms with Gasteiger partial charge in [-0.3, -0.25) is 4.40 Å². The Morgan fingerprint density at radius 1 is 1.35 bits per heavy atom. The van der Waals surface area contributed by atoms with Gasteiger partial charge in [-0.15, -0.1) is 11.3 Å². The van der Waals surface area contributed by atoms with Crippen molar-refractivity contribution < 1.29 is 4.74 Å². The van der Waals surface area contributed by atoms with Crippen LogP contribution in [0.3, 0.4) is 0 Å². The van der Waals surface area contributed by atoms with Gasteiger partial charge in [-0.05, 0) is 26.0 Å². The Kier molecular flexibility index (Phi) is 3.60. The predicted octanol–water partition coefficient (Wildman–Crippen LogP) is 3.72. The van der Waals surface area contributed by atoms with Gasteiger partial charge in [0.1, 0.15) is 5.75 Å². The maximum atomic E-state index is 5.63. The van der Waals surface area contributed by atoms with E-state index in [-0.39, 0.29) is 0 Å². The zero-order valence-electron chi connectivity index (χ0n) is 11.6. The van der Waals surface area contributed by atoms with E-state index >= 15 is 0 Å². The lowest BCUT2D eigenvalue weighted by Gasteiger charge is -2.12. The average molecular weight is 287 g/mol. The third kappa shape index (κ3) is 2.36. The lowest BCUT2D eigenvalue weighted by Crippen LogP contribution is -2.05. The third-order valence-corrected chi connectivity index (χ3v) is 3.95. The number of para-hydroxylation sites is 2. The van der Waals surface area contributed by atoms with Gasteiger partial charge in [0.15, 0.2) is 4.96 Å². The molecule has 0 fully saturated rings. The van der Waals surface area contributed by atoms with Crippen LogP contribution in [-0.2, 0) is 6.54 Å². The van der Waals surface area contributed by atoms with Crippen molar-refractivity contribution >= 4 is 22.0 Å². The molecule has 0 aliphatic heterocycles. The SMILES string of the molecule is CCOc1ccccc1NCc1c(C)nc2sccn12. The van der Waals surface area contributed by atoms with Crippen LogP contribution in [0.25, 0.3) is 4.96 Å². The molecule has 0 aliphatic carbocycles. The highest BCUT2D eigenvalue weighted by Gasteiger charge is 2.10. The van der Waals surface area contributed by atoms with Crippen molar-refractivity contribution in [3.63, 3.8) is 0 Å². The van der Waals surface area contributed by atoms with Gasteiger partial charge in [0.05, 0.1) is 30.2 Å². The molecule has 5 heteroatoms. The van der Waals surface area contributed by atoms with E-state index in [9.17, 15) is 0 Å². The molecule has 2 heterocycles. The number of aryl methyl sites for hydroxylation is 1. The molecule has 0 aliphatic rings. The molecule has 0 spiro atoms. The molecule has 104 valence electrons. The molecule has 0 saturated heterocycles. The summed E-state index contributed by atoms with van der Waals surface area (Å²) in [4.78, 5) is 5.59. The van der Waals surface area contributed by atoms with Crippen LogP contribution >= 0.6 is 11.3 Å². The predicted molar refractivity (Wildman–Crippen MR) is 82.7 cm³/mol. The Hall–Kier alpha value is -2.01. The van der Waals surface area contributed by atoms with Crippen molar-refractivity contribution in [2.45, 2.75) is 20.4 Å². The monoisotopic (exact) mass is 287 g/mol. The van der Waals surface area contributed by atoms with Crippen LogP contribution in [0.5, 0.6) is 5.75 Å². The first-order valence-electron chi connectivity index (χ1n) is 6.66. The maximum absolute atomic E-state index is 5.63. The van der Waals surface area contributed by atoms with Crippen molar-refractivity contribution in [2.24, 2.45) is 0 Å². The number of nitrogens with one attached hydrogen (secondary N) is 1. The number of rotatable bonds is 5. The van der Waals surface area contributed by atoms with Crippen LogP contribution in [0.1, 0.15) is 18.3 Å². The van der Waals surface area contributed by atoms with E-state index in [1.54, 1.807) is 11.3 Å². The molecule has 0 amide bonds. The van der Waals surface area contributed by atoms with Gasteiger partial charge in [-0.25, -0.2) is 4.98 Å². The van der Waals surface area contributed by atoms with E-state index in [1.165, 1.54) is 5.69 Å². The van der Waals surface area contributed by atoms with E-state index in [1.807, 2.05) is 38.1 Å². The summed E-state index contributed by atoms with van der Waals surface area (Å²) < 4.78 is 7.76. The number of hydrogen-bond donors (Lipinski definition) is 1. The highest BCUT2D eigenvalue weighted by Crippen LogP contribution is 2.25. The van der Waals surface area contributed by atoms with E-state index in [0.29, 0.717) is 6.61 Å². The van der Waals surface area contributed by atoms with E-state index in [0.717, 1.165) is 28.6 Å². The molecule has 4 nitrogen and oxygen atoms in total. The van der Waals surface area contributed by atoms with Gasteiger partial charge in [0.25, 0.3) is 0 Å². The van der Waals surface area contributed by atoms with Crippen LogP contribution in [0.15, 0.2) is 35.8 Å². The van der Waals surface area contributed by atoms with Gasteiger partial charge in [0, 0.05) is 11.6 Å². The lowest BCUT2D eigenvalue weighted by molar-refractivity contribution is 0.341. The number of imidazole rings is 1. The third-order valence-electron chi connectivity index (χ3n) is 3.19. The van der Waals surface area contributed by atoms with Crippen molar-refractivity contribution in [1.29, 1.82) is 0 Å². The fraction of sp³-hybridized carbons (Fsp3) is 0.267. The van der Waals surface area contributed by atoms with Crippen molar-refractivity contribution in [1.82, 2.24) is 9.38 Å². The standard InChI is InChI=1S/C15H17N3OS/c1-3-19-14-7-5-4-6-12(14)16-10-13-11(2)17-15-18(13)8-9-20-15/h4-9,16H,3,10H2,1-2H3. The molecule has 1 aromatic carbocycles. The van der Waals surface area contributed by atoms with Crippen molar-refractivity contribution in [3.05, 3.63) is 47.2 Å². The number of fused-ring (bicyclic) bond motifs is 1. The van der Waals surface area contributed by atoms with Crippen LogP contribution in [0.4, 0.5) is 5.69 Å². The highest BCUT2D eigenvalue weighted by atomic mass is 32.1. The summed E-state index contributed by atoms with van der Waals surface area (Å²) >= 11 is 1.65. The number of thiazole rings is 1. The van der Waals surface area contributed by atoms with Crippen LogP contribution in [0, 0.1) is 6.92 Å². The number of benzene rings is 1. The minimum Gasteiger partial charge on any atom is -0.492 e. The first kappa shape index (κ1) is 13.0. The highest BCUT2D eigenvalue weighted by molar-refractivity contribution is 7.15. The first-order valence-corrected chi connectivity index (χ1v) is 7.54. The van der Waals surface area contributed by atoms with Gasteiger partial charge in [-0.2, -0.15) is 0 Å². The summed E-state index contributed by atoms with van der Waals surface area (Å²) in [7, 11) is 0. The smallest absolute Gasteiger partial charge is 0.194 e. The van der Waals surface area contributed by atoms with Gasteiger partial charge < -0.3 is 10.1 Å². The second-order valence-electron chi connectivity index (χ2n) is 4.48. The largest absolute Gasteiger partial charge is 0.492 e. The second kappa shape index (κ2) is 5.54. The number of hydrogen-bond acceptors (Lipinski definition) is 4. The molecule has 0 radical (unpaired) electrons. The molecular weight excluding hydrogens is 270 g/mol. The molecule has 20 heavy (non-hydrogen) atoms. The summed E-state index contributed by atoms with van der Waals surface area (Å²) in [6.45, 7) is 5.44. The van der Waals surface area contributed by atoms with Gasteiger partial charge in [0.2, 0.25) is 0 Å². The summed E-state index contributed by atoms with van der Waals surface area (Å²) in [6, 6.07) is 8.01. The Morgan fingerprint density at radius 2 is 2.20 bits per heavy atom. The van der Waals surface area contributed by atoms with Crippen molar-refractivity contribution in [3.8, 4) is 5.75 Å². The fourth-order valence-electron chi connectivity index (χ4n) is 2.23. The van der Waals surface area contributed by atoms with E-state index < -0.39 is 0 Å². The van der Waals surface area contributed by atoms with Crippen LogP contribution < -0.4 is 10.1 Å². The lowest BCUT2D eigenvalue weighted by atomic mass is 10.2. The summed E-state index contributed by atoms with van der Waals surface area (Å²) in [5, 5.41) is 5.50. The topological polar surface area (TPSA) is 38.6 Å². The molecule has 0 saturated carbocycles. The quantitative estimate of drug-likeness (QED) is 0.777. The second-order valence-corrected chi connectivity index (χ2v) is 5.36. The van der Waals surface area contributed by atoms with Crippen molar-refractivity contribution in [2.75, 3.05) is 11.9 Å². The number of nitrogens with zero attached hydrogens (tertiary/aromatic N) is 2. The van der Waals surface area contributed by atoms with E-state index in [4.69, 9.17) is 4.74 Å². The van der Waals surface area contributed by atoms with Crippen LogP contribution in [0.2, 0.25) is 0 Å². The molecule has 0 bridgehead atoms. The Labute approximate surface area is 122 Å². The number of ether oxygens (including phenoxy) is 1. The Bertz CT molecular complexity index is 717.